The van der Waals surface area contributed by atoms with Crippen molar-refractivity contribution in [2.24, 2.45) is 0 Å². The van der Waals surface area contributed by atoms with Gasteiger partial charge in [-0.25, -0.2) is 0 Å². The number of nitrogens with zero attached hydrogens (tertiary/aromatic N) is 4. The number of benzene rings is 7. The molecular weight excluding hydrogens is 700 g/mol. The molecule has 4 nitrogen and oxygen atoms in total. The molecule has 1 aliphatic carbocycles. The predicted molar refractivity (Wildman–Crippen MR) is 214 cm³/mol. The van der Waals surface area contributed by atoms with Gasteiger partial charge in [0.1, 0.15) is 0 Å². The van der Waals surface area contributed by atoms with Gasteiger partial charge in [-0.15, -0.1) is 0 Å². The number of nitriles is 2. The zero-order valence-electron chi connectivity index (χ0n) is 28.4. The molecule has 1 aliphatic rings. The van der Waals surface area contributed by atoms with E-state index in [-0.39, 0.29) is 19.9 Å². The van der Waals surface area contributed by atoms with Gasteiger partial charge < -0.3 is 0 Å². The summed E-state index contributed by atoms with van der Waals surface area (Å²) < 4.78 is 7.50. The van der Waals surface area contributed by atoms with E-state index in [1.165, 1.54) is 63.4 Å². The molecule has 0 aliphatic heterocycles. The molecule has 11 rings (SSSR count). The fraction of sp³-hybridized carbons (Fsp3) is 0.0638. The minimum atomic E-state index is -0.0869. The van der Waals surface area contributed by atoms with Gasteiger partial charge >= 0.3 is 307 Å². The topological polar surface area (TPSA) is 57.4 Å². The number of rotatable bonds is 2. The first kappa shape index (κ1) is 29.4. The van der Waals surface area contributed by atoms with Gasteiger partial charge in [0.25, 0.3) is 0 Å². The molecule has 242 valence electrons. The fourth-order valence-electron chi connectivity index (χ4n) is 8.91. The van der Waals surface area contributed by atoms with Crippen molar-refractivity contribution in [1.82, 2.24) is 9.13 Å². The number of aromatic nitrogens is 2. The maximum absolute atomic E-state index is 9.69. The Bertz CT molecular complexity index is 3230. The Morgan fingerprint density at radius 2 is 1.02 bits per heavy atom. The van der Waals surface area contributed by atoms with Crippen molar-refractivity contribution in [1.29, 1.82) is 10.5 Å². The van der Waals surface area contributed by atoms with Gasteiger partial charge in [0, 0.05) is 0 Å². The van der Waals surface area contributed by atoms with Gasteiger partial charge in [-0.3, -0.25) is 0 Å². The summed E-state index contributed by atoms with van der Waals surface area (Å²) in [7, 11) is 0. The van der Waals surface area contributed by atoms with Crippen molar-refractivity contribution >= 4 is 77.4 Å². The van der Waals surface area contributed by atoms with Crippen LogP contribution in [0.5, 0.6) is 0 Å². The summed E-state index contributed by atoms with van der Waals surface area (Å²) >= 11 is 0.198. The second kappa shape index (κ2) is 10.3. The number of hydrogen-bond donors (Lipinski definition) is 0. The number of para-hydroxylation sites is 1. The third kappa shape index (κ3) is 3.85. The van der Waals surface area contributed by atoms with Crippen LogP contribution < -0.4 is 0 Å². The van der Waals surface area contributed by atoms with Gasteiger partial charge in [-0.1, -0.05) is 0 Å². The van der Waals surface area contributed by atoms with E-state index in [1.807, 2.05) is 36.4 Å². The van der Waals surface area contributed by atoms with E-state index < -0.39 is 0 Å². The third-order valence-electron chi connectivity index (χ3n) is 11.4. The van der Waals surface area contributed by atoms with Crippen LogP contribution in [-0.2, 0) is 5.41 Å². The minimum absolute atomic E-state index is 0.0869. The van der Waals surface area contributed by atoms with Crippen molar-refractivity contribution < 1.29 is 0 Å². The molecule has 0 radical (unpaired) electrons. The van der Waals surface area contributed by atoms with Crippen LogP contribution >= 0.6 is 0 Å². The summed E-state index contributed by atoms with van der Waals surface area (Å²) in [6.45, 7) is 4.70. The molecule has 0 fully saturated rings. The van der Waals surface area contributed by atoms with E-state index in [0.717, 1.165) is 33.2 Å². The van der Waals surface area contributed by atoms with E-state index >= 15 is 0 Å². The van der Waals surface area contributed by atoms with E-state index in [2.05, 4.69) is 132 Å². The zero-order valence-corrected chi connectivity index (χ0v) is 30.1. The molecule has 52 heavy (non-hydrogen) atoms. The second-order valence-corrected chi connectivity index (χ2v) is 16.7. The average Bonchev–Trinajstić information content (AvgIpc) is 3.88. The van der Waals surface area contributed by atoms with Crippen molar-refractivity contribution in [3.05, 3.63) is 156 Å². The molecule has 0 unspecified atom stereocenters. The van der Waals surface area contributed by atoms with Gasteiger partial charge in [0.15, 0.2) is 0 Å². The van der Waals surface area contributed by atoms with Crippen LogP contribution in [0.25, 0.3) is 85.4 Å². The Morgan fingerprint density at radius 3 is 1.67 bits per heavy atom. The second-order valence-electron chi connectivity index (χ2n) is 14.4. The summed E-state index contributed by atoms with van der Waals surface area (Å²) in [6, 6.07) is 52.7. The van der Waals surface area contributed by atoms with Gasteiger partial charge in [-0.05, 0) is 0 Å². The molecule has 0 spiro atoms. The Morgan fingerprint density at radius 1 is 0.462 bits per heavy atom. The first-order valence-electron chi connectivity index (χ1n) is 17.5. The summed E-state index contributed by atoms with van der Waals surface area (Å²) in [4.78, 5) is 0. The van der Waals surface area contributed by atoms with E-state index in [4.69, 9.17) is 0 Å². The fourth-order valence-corrected chi connectivity index (χ4v) is 11.2. The van der Waals surface area contributed by atoms with Gasteiger partial charge in [0.05, 0.1) is 0 Å². The maximum atomic E-state index is 9.69. The Hall–Kier alpha value is -6.36. The normalized spacial score (nSPS) is 13.3. The summed E-state index contributed by atoms with van der Waals surface area (Å²) in [5.74, 6) is 0. The molecule has 0 saturated carbocycles. The molecule has 0 N–H and O–H groups in total. The van der Waals surface area contributed by atoms with Crippen molar-refractivity contribution in [3.63, 3.8) is 0 Å². The molecule has 0 bridgehead atoms. The van der Waals surface area contributed by atoms with Gasteiger partial charge in [-0.2, -0.15) is 0 Å². The van der Waals surface area contributed by atoms with Gasteiger partial charge in [0.2, 0.25) is 0 Å². The van der Waals surface area contributed by atoms with Crippen LogP contribution in [0.3, 0.4) is 0 Å². The quantitative estimate of drug-likeness (QED) is 0.167. The molecule has 5 heteroatoms. The first-order chi connectivity index (χ1) is 25.4. The monoisotopic (exact) mass is 728 g/mol. The molecule has 10 aromatic rings. The number of hydrogen-bond acceptors (Lipinski definition) is 2. The van der Waals surface area contributed by atoms with Crippen molar-refractivity contribution in [3.8, 4) is 34.6 Å². The van der Waals surface area contributed by atoms with Crippen LogP contribution in [0.2, 0.25) is 0 Å². The molecule has 0 amide bonds. The molecule has 3 heterocycles. The SMILES string of the molecule is CC1(C)c2ccccc2-c2cc3c4ccccc4n(-c4ccc5[se]c6ccc(-n7c8ccc(C#N)cc8c8cc(C#N)ccc87)cc6c5c4)c3cc21. The first-order valence-corrected chi connectivity index (χ1v) is 19.2. The predicted octanol–water partition coefficient (Wildman–Crippen LogP) is 11.3. The molecule has 0 saturated heterocycles. The summed E-state index contributed by atoms with van der Waals surface area (Å²) in [6.07, 6.45) is 0. The van der Waals surface area contributed by atoms with E-state index in [1.54, 1.807) is 0 Å². The number of fused-ring (bicyclic) bond motifs is 12. The molecule has 3 aromatic heterocycles. The summed E-state index contributed by atoms with van der Waals surface area (Å²) in [5.41, 5.74) is 13.3. The van der Waals surface area contributed by atoms with Crippen LogP contribution in [0, 0.1) is 22.7 Å². The third-order valence-corrected chi connectivity index (χ3v) is 13.8. The Labute approximate surface area is 305 Å². The van der Waals surface area contributed by atoms with Crippen LogP contribution in [0.15, 0.2) is 133 Å². The van der Waals surface area contributed by atoms with E-state index in [0.29, 0.717) is 11.1 Å². The zero-order chi connectivity index (χ0) is 34.9. The Kier molecular flexibility index (Phi) is 5.85. The standard InChI is InChI=1S/C47H28N4Se/c1-47(2)39-9-5-3-7-31(39)33-23-36-32-8-4-6-10-41(32)51(44(36)24-40(33)47)30-14-18-46-38(22-30)37-21-29(13-17-45(37)52-46)50-42-15-11-27(25-48)19-34(42)35-20-28(26-49)12-16-43(35)50/h3-24H,1-2H3. The van der Waals surface area contributed by atoms with Crippen LogP contribution in [-0.4, -0.2) is 23.6 Å². The summed E-state index contributed by atoms with van der Waals surface area (Å²) in [5, 5.41) is 26.4. The van der Waals surface area contributed by atoms with E-state index in [9.17, 15) is 10.5 Å². The van der Waals surface area contributed by atoms with Crippen LogP contribution in [0.4, 0.5) is 0 Å². The van der Waals surface area contributed by atoms with Crippen molar-refractivity contribution in [2.75, 3.05) is 0 Å². The Balaban J connectivity index is 1.15. The molecule has 7 aromatic carbocycles. The van der Waals surface area contributed by atoms with Crippen LogP contribution in [0.1, 0.15) is 36.1 Å². The van der Waals surface area contributed by atoms with Crippen molar-refractivity contribution in [2.45, 2.75) is 19.3 Å². The average molecular weight is 728 g/mol. The molecule has 0 atom stereocenters. The molecular formula is C47H28N4Se.